The van der Waals surface area contributed by atoms with Crippen molar-refractivity contribution in [1.29, 1.82) is 0 Å². The second-order valence-corrected chi connectivity index (χ2v) is 5.33. The molecule has 3 rings (SSSR count). The van der Waals surface area contributed by atoms with E-state index in [1.807, 2.05) is 64.2 Å². The molecule has 0 bridgehead atoms. The number of rotatable bonds is 2. The van der Waals surface area contributed by atoms with Gasteiger partial charge in [-0.25, -0.2) is 0 Å². The Kier molecular flexibility index (Phi) is 28.7. The third-order valence-electron chi connectivity index (χ3n) is 3.04. The summed E-state index contributed by atoms with van der Waals surface area (Å²) in [4.78, 5) is 19.0. The molecule has 2 nitrogen and oxygen atoms in total. The van der Waals surface area contributed by atoms with Gasteiger partial charge in [0.05, 0.1) is 6.42 Å². The van der Waals surface area contributed by atoms with Crippen molar-refractivity contribution in [3.63, 3.8) is 0 Å². The van der Waals surface area contributed by atoms with Crippen LogP contribution in [0.25, 0.3) is 0 Å². The second kappa shape index (κ2) is 24.5. The molecule has 0 atom stereocenters. The summed E-state index contributed by atoms with van der Waals surface area (Å²) in [6, 6.07) is 0. The Morgan fingerprint density at radius 1 is 0.759 bits per heavy atom. The monoisotopic (exact) mass is 537 g/mol. The predicted octanol–water partition coefficient (Wildman–Crippen LogP) is 5.12. The summed E-state index contributed by atoms with van der Waals surface area (Å²) < 4.78 is 33.4. The fraction of sp³-hybridized carbons (Fsp3) is 0.273. The zero-order valence-corrected chi connectivity index (χ0v) is 18.6. The van der Waals surface area contributed by atoms with Crippen LogP contribution in [0.1, 0.15) is 32.1 Å². The Morgan fingerprint density at radius 3 is 1.34 bits per heavy atom. The molecule has 0 saturated heterocycles. The molecule has 3 aliphatic rings. The Hall–Kier alpha value is 0.273. The number of ketones is 1. The minimum atomic E-state index is -4.86. The van der Waals surface area contributed by atoms with Crippen molar-refractivity contribution >= 4 is 12.1 Å². The van der Waals surface area contributed by atoms with Gasteiger partial charge in [0, 0.05) is 0 Å². The fourth-order valence-electron chi connectivity index (χ4n) is 1.69. The zero-order valence-electron chi connectivity index (χ0n) is 15.8. The Morgan fingerprint density at radius 2 is 1.10 bits per heavy atom. The predicted molar refractivity (Wildman–Crippen MR) is 100 cm³/mol. The number of halogens is 3. The van der Waals surface area contributed by atoms with Crippen LogP contribution in [0, 0.1) is 89.9 Å². The van der Waals surface area contributed by atoms with Crippen LogP contribution in [-0.2, 0) is 46.1 Å². The van der Waals surface area contributed by atoms with Gasteiger partial charge in [-0.2, -0.15) is 13.2 Å². The van der Waals surface area contributed by atoms with Gasteiger partial charge in [-0.15, -0.1) is 0 Å². The van der Waals surface area contributed by atoms with Crippen LogP contribution in [0.2, 0.25) is 0 Å². The molecule has 0 heterocycles. The van der Waals surface area contributed by atoms with Crippen LogP contribution in [0.15, 0.2) is 0 Å². The summed E-state index contributed by atoms with van der Waals surface area (Å²) in [7, 11) is 0. The van der Waals surface area contributed by atoms with Crippen molar-refractivity contribution in [2.45, 2.75) is 38.3 Å². The molecule has 0 aromatic carbocycles. The van der Waals surface area contributed by atoms with E-state index in [2.05, 4.69) is 25.7 Å². The topological polar surface area (TPSA) is 34.1 Å². The summed E-state index contributed by atoms with van der Waals surface area (Å²) in [6.45, 7) is 0. The van der Waals surface area contributed by atoms with Crippen molar-refractivity contribution < 1.29 is 59.3 Å². The SMILES string of the molecule is O=CCC(=O)C(F)(F)F.[CH]1[CH]CCC[CH][CH]C1.[CH]1[CH][CH][CH][CH]1.[CH]1[CH][CH][CH][CH]1.[Fe+2].[Rh+2]. The first-order valence-electron chi connectivity index (χ1n) is 8.65. The first kappa shape index (κ1) is 33.9. The van der Waals surface area contributed by atoms with Crippen molar-refractivity contribution in [3.8, 4) is 0 Å². The van der Waals surface area contributed by atoms with Crippen LogP contribution in [0.4, 0.5) is 13.2 Å². The van der Waals surface area contributed by atoms with Gasteiger partial charge in [0.2, 0.25) is 5.78 Å². The summed E-state index contributed by atoms with van der Waals surface area (Å²) in [5, 5.41) is 0. The first-order valence-corrected chi connectivity index (χ1v) is 8.65. The van der Waals surface area contributed by atoms with E-state index in [4.69, 9.17) is 0 Å². The maximum atomic E-state index is 11.1. The van der Waals surface area contributed by atoms with Crippen LogP contribution >= 0.6 is 0 Å². The number of hydrogen-bond acceptors (Lipinski definition) is 2. The maximum absolute atomic E-state index is 11.1. The molecule has 159 valence electrons. The van der Waals surface area contributed by atoms with Gasteiger partial charge in [-0.3, -0.25) is 4.79 Å². The molecule has 7 heteroatoms. The molecule has 0 N–H and O–H groups in total. The quantitative estimate of drug-likeness (QED) is 0.279. The number of aldehydes is 1. The summed E-state index contributed by atoms with van der Waals surface area (Å²) in [6.07, 6.45) is 28.0. The van der Waals surface area contributed by atoms with E-state index in [0.29, 0.717) is 0 Å². The van der Waals surface area contributed by atoms with E-state index in [9.17, 15) is 22.8 Å². The molecule has 0 aromatic rings. The van der Waals surface area contributed by atoms with Gasteiger partial charge in [0.1, 0.15) is 6.29 Å². The number of carbonyl (C=O) groups is 2. The molecule has 0 aromatic heterocycles. The number of carbonyl (C=O) groups excluding carboxylic acids is 2. The second-order valence-electron chi connectivity index (χ2n) is 5.33. The third kappa shape index (κ3) is 26.2. The summed E-state index contributed by atoms with van der Waals surface area (Å²) in [5.74, 6) is -2.00. The Labute approximate surface area is 199 Å². The molecular weight excluding hydrogens is 512 g/mol. The van der Waals surface area contributed by atoms with Crippen molar-refractivity contribution in [1.82, 2.24) is 0 Å². The van der Waals surface area contributed by atoms with E-state index in [1.54, 1.807) is 0 Å². The van der Waals surface area contributed by atoms with Gasteiger partial charge >= 0.3 is 42.7 Å². The fourth-order valence-corrected chi connectivity index (χ4v) is 1.69. The average molecular weight is 537 g/mol. The average Bonchev–Trinajstić information content (AvgIpc) is 3.33. The Bertz CT molecular complexity index is 309. The molecule has 0 aliphatic heterocycles. The first-order chi connectivity index (χ1) is 13.0. The van der Waals surface area contributed by atoms with Crippen molar-refractivity contribution in [2.75, 3.05) is 0 Å². The molecule has 15 radical (unpaired) electrons. The minimum Gasteiger partial charge on any atom is -0.303 e. The molecule has 3 saturated carbocycles. The van der Waals surface area contributed by atoms with Crippen LogP contribution in [-0.4, -0.2) is 18.2 Å². The van der Waals surface area contributed by atoms with Gasteiger partial charge in [0.15, 0.2) is 0 Å². The molecule has 0 spiro atoms. The van der Waals surface area contributed by atoms with Crippen LogP contribution in [0.5, 0.6) is 0 Å². The van der Waals surface area contributed by atoms with Gasteiger partial charge in [-0.1, -0.05) is 6.42 Å². The minimum absolute atomic E-state index is 0. The molecule has 0 unspecified atom stereocenters. The van der Waals surface area contributed by atoms with Gasteiger partial charge in [0.25, 0.3) is 0 Å². The van der Waals surface area contributed by atoms with Gasteiger partial charge in [-0.05, 0) is 109 Å². The van der Waals surface area contributed by atoms with E-state index in [-0.39, 0.29) is 42.8 Å². The van der Waals surface area contributed by atoms with Crippen molar-refractivity contribution in [3.05, 3.63) is 89.9 Å². The molecule has 3 fully saturated rings. The Balaban J connectivity index is -0.000000311. The number of hydrogen-bond donors (Lipinski definition) is 0. The molecular formula is C22H25F3FeO2Rh+4. The van der Waals surface area contributed by atoms with Gasteiger partial charge < -0.3 is 4.79 Å². The molecule has 29 heavy (non-hydrogen) atoms. The molecule has 3 aliphatic carbocycles. The van der Waals surface area contributed by atoms with Crippen LogP contribution in [0.3, 0.4) is 0 Å². The van der Waals surface area contributed by atoms with Crippen LogP contribution < -0.4 is 0 Å². The molecule has 0 amide bonds. The van der Waals surface area contributed by atoms with E-state index in [0.717, 1.165) is 6.42 Å². The van der Waals surface area contributed by atoms with Crippen molar-refractivity contribution in [2.24, 2.45) is 0 Å². The number of Topliss-reactive ketones (excluding diaryl/α,β-unsaturated/α-hetero) is 1. The maximum Gasteiger partial charge on any atom is 2.00 e. The smallest absolute Gasteiger partial charge is 0.303 e. The number of alkyl halides is 3. The largest absolute Gasteiger partial charge is 2.00 e. The van der Waals surface area contributed by atoms with E-state index < -0.39 is 18.4 Å². The van der Waals surface area contributed by atoms with E-state index in [1.165, 1.54) is 19.3 Å². The standard InChI is InChI=1S/C8H12.2C5H5.C4H3F3O2.Fe.Rh/c1-2-4-6-8-7-5-3-1;2*1-2-4-5-3-1;5-4(6,7)3(9)1-2-8;;/h1-2,5,7H,3-4,6,8H2;2*1-5H;2H,1H2;;/q;;;;2*+2. The summed E-state index contributed by atoms with van der Waals surface area (Å²) in [5.41, 5.74) is 0. The third-order valence-corrected chi connectivity index (χ3v) is 3.04. The van der Waals surface area contributed by atoms with E-state index >= 15 is 0 Å². The normalized spacial score (nSPS) is 18.3. The summed E-state index contributed by atoms with van der Waals surface area (Å²) >= 11 is 0. The zero-order chi connectivity index (χ0) is 20.2.